The summed E-state index contributed by atoms with van der Waals surface area (Å²) in [5.41, 5.74) is -0.737. The number of benzene rings is 1. The molecule has 0 saturated heterocycles. The number of pyridine rings is 1. The Morgan fingerprint density at radius 3 is 2.62 bits per heavy atom. The second-order valence-electron chi connectivity index (χ2n) is 9.36. The van der Waals surface area contributed by atoms with Crippen LogP contribution >= 0.6 is 11.6 Å². The Morgan fingerprint density at radius 2 is 1.95 bits per heavy atom. The quantitative estimate of drug-likeness (QED) is 0.175. The van der Waals surface area contributed by atoms with Crippen molar-refractivity contribution < 1.29 is 40.6 Å². The van der Waals surface area contributed by atoms with Crippen LogP contribution in [0.3, 0.4) is 0 Å². The van der Waals surface area contributed by atoms with Crippen LogP contribution in [0.25, 0.3) is 6.08 Å². The SMILES string of the molecule is CCCCCS(=O)(=O)NC(=O)/C=C/c1ccc(OCCCOCC2CC2)cc1Oc1ncc(C(F)(F)F)cc1Cl. The molecule has 40 heavy (non-hydrogen) atoms. The average Bonchev–Trinajstić information content (AvgIpc) is 3.70. The van der Waals surface area contributed by atoms with E-state index in [9.17, 15) is 26.4 Å². The van der Waals surface area contributed by atoms with Gasteiger partial charge in [-0.1, -0.05) is 31.4 Å². The summed E-state index contributed by atoms with van der Waals surface area (Å²) in [6, 6.07) is 5.32. The molecule has 0 radical (unpaired) electrons. The summed E-state index contributed by atoms with van der Waals surface area (Å²) in [4.78, 5) is 16.0. The van der Waals surface area contributed by atoms with Crippen LogP contribution in [0, 0.1) is 5.92 Å². The molecule has 0 bridgehead atoms. The largest absolute Gasteiger partial charge is 0.493 e. The van der Waals surface area contributed by atoms with E-state index in [1.54, 1.807) is 12.1 Å². The highest BCUT2D eigenvalue weighted by molar-refractivity contribution is 7.90. The first-order valence-electron chi connectivity index (χ1n) is 12.9. The molecule has 0 unspecified atom stereocenters. The van der Waals surface area contributed by atoms with Crippen LogP contribution < -0.4 is 14.2 Å². The van der Waals surface area contributed by atoms with Crippen LogP contribution in [0.4, 0.5) is 13.2 Å². The standard InChI is InChI=1S/C27H32ClF3N2O6S/c1-2-3-4-14-40(35,36)33-25(34)11-9-20-8-10-22(38-13-5-12-37-18-19-6-7-19)16-24(20)39-26-23(28)15-21(17-32-26)27(29,30)31/h8-11,15-17,19H,2-7,12-14,18H2,1H3,(H,33,34)/b11-9+. The molecule has 1 amide bonds. The molecule has 1 aliphatic rings. The van der Waals surface area contributed by atoms with E-state index in [4.69, 9.17) is 25.8 Å². The van der Waals surface area contributed by atoms with Crippen LogP contribution in [-0.4, -0.2) is 44.9 Å². The van der Waals surface area contributed by atoms with Crippen LogP contribution in [0.2, 0.25) is 5.02 Å². The molecule has 2 aromatic rings. The zero-order valence-corrected chi connectivity index (χ0v) is 23.6. The van der Waals surface area contributed by atoms with Gasteiger partial charge >= 0.3 is 6.18 Å². The topological polar surface area (TPSA) is 104 Å². The molecule has 0 atom stereocenters. The van der Waals surface area contributed by atoms with E-state index in [2.05, 4.69) is 4.98 Å². The van der Waals surface area contributed by atoms with Crippen molar-refractivity contribution >= 4 is 33.6 Å². The number of amides is 1. The summed E-state index contributed by atoms with van der Waals surface area (Å²) in [6.45, 7) is 3.56. The first-order valence-corrected chi connectivity index (χ1v) is 15.0. The van der Waals surface area contributed by atoms with Crippen molar-refractivity contribution in [2.24, 2.45) is 5.92 Å². The molecule has 0 aliphatic heterocycles. The first kappa shape index (κ1) is 31.7. The molecule has 8 nitrogen and oxygen atoms in total. The van der Waals surface area contributed by atoms with Crippen molar-refractivity contribution in [2.45, 2.75) is 51.6 Å². The van der Waals surface area contributed by atoms with Gasteiger partial charge in [-0.15, -0.1) is 0 Å². The smallest absolute Gasteiger partial charge is 0.417 e. The molecular formula is C27H32ClF3N2O6S. The van der Waals surface area contributed by atoms with Gasteiger partial charge in [-0.2, -0.15) is 13.2 Å². The van der Waals surface area contributed by atoms with Gasteiger partial charge in [0.25, 0.3) is 5.91 Å². The highest BCUT2D eigenvalue weighted by Gasteiger charge is 2.32. The fraction of sp³-hybridized carbons (Fsp3) is 0.481. The van der Waals surface area contributed by atoms with Crippen molar-refractivity contribution in [2.75, 3.05) is 25.6 Å². The number of carbonyl (C=O) groups excluding carboxylic acids is 1. The Hall–Kier alpha value is -2.83. The molecule has 1 heterocycles. The van der Waals surface area contributed by atoms with E-state index < -0.39 is 27.7 Å². The van der Waals surface area contributed by atoms with Crippen molar-refractivity contribution in [3.8, 4) is 17.4 Å². The molecule has 220 valence electrons. The predicted molar refractivity (Wildman–Crippen MR) is 145 cm³/mol. The van der Waals surface area contributed by atoms with Crippen molar-refractivity contribution in [1.82, 2.24) is 9.71 Å². The van der Waals surface area contributed by atoms with Crippen molar-refractivity contribution in [1.29, 1.82) is 0 Å². The lowest BCUT2D eigenvalue weighted by Gasteiger charge is -2.14. The normalized spacial score (nSPS) is 13.9. The third-order valence-electron chi connectivity index (χ3n) is 5.77. The minimum atomic E-state index is -4.64. The van der Waals surface area contributed by atoms with E-state index in [0.717, 1.165) is 19.1 Å². The molecule has 1 aliphatic carbocycles. The summed E-state index contributed by atoms with van der Waals surface area (Å²) < 4.78 is 82.2. The summed E-state index contributed by atoms with van der Waals surface area (Å²) >= 11 is 6.01. The Balaban J connectivity index is 1.73. The summed E-state index contributed by atoms with van der Waals surface area (Å²) in [5.74, 6) is -0.204. The number of nitrogens with one attached hydrogen (secondary N) is 1. The third-order valence-corrected chi connectivity index (χ3v) is 7.37. The zero-order valence-electron chi connectivity index (χ0n) is 22.0. The van der Waals surface area contributed by atoms with Crippen LogP contribution in [0.1, 0.15) is 56.6 Å². The summed E-state index contributed by atoms with van der Waals surface area (Å²) in [7, 11) is -3.79. The Labute approximate surface area is 236 Å². The highest BCUT2D eigenvalue weighted by Crippen LogP contribution is 2.36. The van der Waals surface area contributed by atoms with Crippen LogP contribution in [0.5, 0.6) is 17.4 Å². The molecule has 1 N–H and O–H groups in total. The molecule has 1 aromatic carbocycles. The van der Waals surface area contributed by atoms with Gasteiger partial charge in [-0.25, -0.2) is 18.1 Å². The molecular weight excluding hydrogens is 573 g/mol. The maximum absolute atomic E-state index is 13.0. The molecule has 13 heteroatoms. The number of hydrogen-bond acceptors (Lipinski definition) is 7. The van der Waals surface area contributed by atoms with Crippen molar-refractivity contribution in [3.63, 3.8) is 0 Å². The van der Waals surface area contributed by atoms with Gasteiger partial charge in [0.05, 0.1) is 17.9 Å². The Kier molecular flexibility index (Phi) is 11.6. The lowest BCUT2D eigenvalue weighted by atomic mass is 10.1. The van der Waals surface area contributed by atoms with E-state index in [-0.39, 0.29) is 22.4 Å². The molecule has 0 spiro atoms. The monoisotopic (exact) mass is 604 g/mol. The number of nitrogens with zero attached hydrogens (tertiary/aromatic N) is 1. The average molecular weight is 605 g/mol. The van der Waals surface area contributed by atoms with Crippen LogP contribution in [-0.2, 0) is 25.7 Å². The number of alkyl halides is 3. The number of rotatable bonds is 16. The number of halogens is 4. The number of carbonyl (C=O) groups is 1. The van der Waals surface area contributed by atoms with E-state index in [0.29, 0.717) is 62.0 Å². The zero-order chi connectivity index (χ0) is 29.2. The maximum atomic E-state index is 13.0. The van der Waals surface area contributed by atoms with Gasteiger partial charge in [0, 0.05) is 43.5 Å². The molecule has 1 fully saturated rings. The summed E-state index contributed by atoms with van der Waals surface area (Å²) in [5, 5.41) is -0.375. The van der Waals surface area contributed by atoms with Gasteiger partial charge in [-0.3, -0.25) is 4.79 Å². The molecule has 3 rings (SSSR count). The molecule has 1 saturated carbocycles. The highest BCUT2D eigenvalue weighted by atomic mass is 35.5. The number of ether oxygens (including phenoxy) is 3. The second-order valence-corrected chi connectivity index (χ2v) is 11.6. The van der Waals surface area contributed by atoms with Gasteiger partial charge in [0.15, 0.2) is 0 Å². The van der Waals surface area contributed by atoms with Gasteiger partial charge < -0.3 is 14.2 Å². The molecule has 1 aromatic heterocycles. The van der Waals surface area contributed by atoms with E-state index >= 15 is 0 Å². The van der Waals surface area contributed by atoms with E-state index in [1.165, 1.54) is 25.0 Å². The second kappa shape index (κ2) is 14.7. The Bertz CT molecular complexity index is 1280. The first-order chi connectivity index (χ1) is 19.0. The fourth-order valence-corrected chi connectivity index (χ4v) is 4.69. The third kappa shape index (κ3) is 11.0. The number of unbranched alkanes of at least 4 members (excludes halogenated alkanes) is 2. The minimum absolute atomic E-state index is 0.0755. The van der Waals surface area contributed by atoms with Gasteiger partial charge in [-0.05, 0) is 49.5 Å². The lowest BCUT2D eigenvalue weighted by molar-refractivity contribution is -0.137. The summed E-state index contributed by atoms with van der Waals surface area (Å²) in [6.07, 6.45) is 3.30. The predicted octanol–water partition coefficient (Wildman–Crippen LogP) is 6.39. The maximum Gasteiger partial charge on any atom is 0.417 e. The van der Waals surface area contributed by atoms with E-state index in [1.807, 2.05) is 11.6 Å². The lowest BCUT2D eigenvalue weighted by Crippen LogP contribution is -2.31. The number of hydrogen-bond donors (Lipinski definition) is 1. The van der Waals surface area contributed by atoms with Crippen LogP contribution in [0.15, 0.2) is 36.5 Å². The van der Waals surface area contributed by atoms with Crippen molar-refractivity contribution in [3.05, 3.63) is 52.7 Å². The fourth-order valence-electron chi connectivity index (χ4n) is 3.42. The Morgan fingerprint density at radius 1 is 1.18 bits per heavy atom. The number of aromatic nitrogens is 1. The van der Waals surface area contributed by atoms with Gasteiger partial charge in [0.1, 0.15) is 16.5 Å². The number of sulfonamides is 1. The minimum Gasteiger partial charge on any atom is -0.493 e. The van der Waals surface area contributed by atoms with Gasteiger partial charge in [0.2, 0.25) is 15.9 Å².